The second kappa shape index (κ2) is 8.97. The number of methoxy groups -OCH3 is 1. The van der Waals surface area contributed by atoms with Crippen molar-refractivity contribution < 1.29 is 9.47 Å². The molecule has 0 radical (unpaired) electrons. The fourth-order valence-corrected chi connectivity index (χ4v) is 2.44. The molecule has 0 aromatic rings. The Kier molecular flexibility index (Phi) is 8.90. The van der Waals surface area contributed by atoms with Crippen LogP contribution in [-0.4, -0.2) is 39.0 Å². The predicted molar refractivity (Wildman–Crippen MR) is 68.9 cm³/mol. The van der Waals surface area contributed by atoms with Gasteiger partial charge in [0.05, 0.1) is 5.60 Å². The molecule has 0 heterocycles. The molecule has 0 saturated carbocycles. The lowest BCUT2D eigenvalue weighted by molar-refractivity contribution is -0.0732. The molecule has 1 unspecified atom stereocenters. The lowest BCUT2D eigenvalue weighted by Crippen LogP contribution is -2.51. The van der Waals surface area contributed by atoms with Crippen molar-refractivity contribution >= 4 is 0 Å². The van der Waals surface area contributed by atoms with E-state index in [1.54, 1.807) is 7.11 Å². The van der Waals surface area contributed by atoms with Gasteiger partial charge in [0.1, 0.15) is 0 Å². The van der Waals surface area contributed by atoms with Crippen LogP contribution in [-0.2, 0) is 9.47 Å². The topological polar surface area (TPSA) is 30.5 Å². The highest BCUT2D eigenvalue weighted by Crippen LogP contribution is 2.27. The zero-order chi connectivity index (χ0) is 12.4. The summed E-state index contributed by atoms with van der Waals surface area (Å²) in [7, 11) is 3.78. The third-order valence-electron chi connectivity index (χ3n) is 3.45. The summed E-state index contributed by atoms with van der Waals surface area (Å²) in [6.07, 6.45) is 4.29. The normalized spacial score (nSPS) is 14.1. The van der Waals surface area contributed by atoms with Crippen molar-refractivity contribution in [1.82, 2.24) is 5.32 Å². The van der Waals surface area contributed by atoms with Gasteiger partial charge in [-0.3, -0.25) is 0 Å². The van der Waals surface area contributed by atoms with E-state index in [9.17, 15) is 0 Å². The van der Waals surface area contributed by atoms with Gasteiger partial charge in [-0.15, -0.1) is 0 Å². The molecule has 0 aliphatic rings. The van der Waals surface area contributed by atoms with Gasteiger partial charge in [0, 0.05) is 26.4 Å². The van der Waals surface area contributed by atoms with E-state index in [-0.39, 0.29) is 5.60 Å². The maximum absolute atomic E-state index is 6.01. The standard InChI is InChI=1S/C13H29NO2/c1-6-13(7-2,16-8-3)12(14-4)10-9-11-15-5/h12,14H,6-11H2,1-5H3. The monoisotopic (exact) mass is 231 g/mol. The first kappa shape index (κ1) is 15.9. The highest BCUT2D eigenvalue weighted by Gasteiger charge is 2.34. The van der Waals surface area contributed by atoms with Gasteiger partial charge < -0.3 is 14.8 Å². The molecule has 1 atom stereocenters. The molecule has 0 bridgehead atoms. The molecule has 0 aliphatic carbocycles. The summed E-state index contributed by atoms with van der Waals surface area (Å²) in [4.78, 5) is 0. The number of likely N-dealkylation sites (N-methyl/N-ethyl adjacent to an activating group) is 1. The summed E-state index contributed by atoms with van der Waals surface area (Å²) in [6.45, 7) is 8.10. The van der Waals surface area contributed by atoms with Crippen molar-refractivity contribution in [2.45, 2.75) is 58.1 Å². The number of rotatable bonds is 10. The van der Waals surface area contributed by atoms with Gasteiger partial charge >= 0.3 is 0 Å². The largest absolute Gasteiger partial charge is 0.385 e. The van der Waals surface area contributed by atoms with Gasteiger partial charge in [-0.05, 0) is 39.7 Å². The second-order valence-corrected chi connectivity index (χ2v) is 4.18. The van der Waals surface area contributed by atoms with Crippen LogP contribution in [0.15, 0.2) is 0 Å². The highest BCUT2D eigenvalue weighted by atomic mass is 16.5. The predicted octanol–water partition coefficient (Wildman–Crippen LogP) is 2.60. The molecule has 0 fully saturated rings. The van der Waals surface area contributed by atoms with Gasteiger partial charge in [0.25, 0.3) is 0 Å². The molecule has 0 amide bonds. The first-order chi connectivity index (χ1) is 7.70. The Morgan fingerprint density at radius 2 is 1.81 bits per heavy atom. The van der Waals surface area contributed by atoms with Crippen molar-refractivity contribution in [3.8, 4) is 0 Å². The first-order valence-corrected chi connectivity index (χ1v) is 6.50. The summed E-state index contributed by atoms with van der Waals surface area (Å²) in [5, 5.41) is 3.41. The Hall–Kier alpha value is -0.120. The van der Waals surface area contributed by atoms with Crippen molar-refractivity contribution in [3.05, 3.63) is 0 Å². The van der Waals surface area contributed by atoms with E-state index in [4.69, 9.17) is 9.47 Å². The average molecular weight is 231 g/mol. The van der Waals surface area contributed by atoms with Gasteiger partial charge in [0.2, 0.25) is 0 Å². The Balaban J connectivity index is 4.43. The molecule has 3 heteroatoms. The fraction of sp³-hybridized carbons (Fsp3) is 1.00. The van der Waals surface area contributed by atoms with Gasteiger partial charge in [-0.25, -0.2) is 0 Å². The molecule has 98 valence electrons. The maximum Gasteiger partial charge on any atom is 0.0829 e. The SMILES string of the molecule is CCOC(CC)(CC)C(CCCOC)NC. The molecule has 1 N–H and O–H groups in total. The summed E-state index contributed by atoms with van der Waals surface area (Å²) >= 11 is 0. The third-order valence-corrected chi connectivity index (χ3v) is 3.45. The van der Waals surface area contributed by atoms with Crippen LogP contribution in [0.3, 0.4) is 0 Å². The molecule has 0 spiro atoms. The van der Waals surface area contributed by atoms with Crippen molar-refractivity contribution in [2.75, 3.05) is 27.4 Å². The van der Waals surface area contributed by atoms with Crippen LogP contribution in [0.2, 0.25) is 0 Å². The molecule has 0 saturated heterocycles. The number of hydrogen-bond acceptors (Lipinski definition) is 3. The molecule has 0 aromatic heterocycles. The second-order valence-electron chi connectivity index (χ2n) is 4.18. The minimum Gasteiger partial charge on any atom is -0.385 e. The molecular weight excluding hydrogens is 202 g/mol. The Bertz CT molecular complexity index is 158. The van der Waals surface area contributed by atoms with Crippen LogP contribution in [0.1, 0.15) is 46.5 Å². The summed E-state index contributed by atoms with van der Waals surface area (Å²) in [6, 6.07) is 0.414. The van der Waals surface area contributed by atoms with Gasteiger partial charge in [0.15, 0.2) is 0 Å². The lowest BCUT2D eigenvalue weighted by Gasteiger charge is -2.39. The molecule has 3 nitrogen and oxygen atoms in total. The Morgan fingerprint density at radius 3 is 2.19 bits per heavy atom. The molecular formula is C13H29NO2. The number of ether oxygens (including phenoxy) is 2. The van der Waals surface area contributed by atoms with E-state index in [1.165, 1.54) is 0 Å². The number of nitrogens with one attached hydrogen (secondary N) is 1. The quantitative estimate of drug-likeness (QED) is 0.586. The minimum absolute atomic E-state index is 0.0166. The van der Waals surface area contributed by atoms with Gasteiger partial charge in [-0.2, -0.15) is 0 Å². The summed E-state index contributed by atoms with van der Waals surface area (Å²) in [5.41, 5.74) is -0.0166. The highest BCUT2D eigenvalue weighted by molar-refractivity contribution is 4.90. The smallest absolute Gasteiger partial charge is 0.0829 e. The van der Waals surface area contributed by atoms with E-state index in [0.29, 0.717) is 6.04 Å². The van der Waals surface area contributed by atoms with Crippen LogP contribution in [0.4, 0.5) is 0 Å². The van der Waals surface area contributed by atoms with E-state index in [0.717, 1.165) is 38.9 Å². The molecule has 0 rings (SSSR count). The Labute approximate surface area is 101 Å². The van der Waals surface area contributed by atoms with Gasteiger partial charge in [-0.1, -0.05) is 13.8 Å². The third kappa shape index (κ3) is 4.40. The Morgan fingerprint density at radius 1 is 1.19 bits per heavy atom. The van der Waals surface area contributed by atoms with E-state index < -0.39 is 0 Å². The van der Waals surface area contributed by atoms with Crippen LogP contribution < -0.4 is 5.32 Å². The lowest BCUT2D eigenvalue weighted by atomic mass is 9.85. The fourth-order valence-electron chi connectivity index (χ4n) is 2.44. The molecule has 0 aromatic carbocycles. The van der Waals surface area contributed by atoms with E-state index in [2.05, 4.69) is 26.1 Å². The van der Waals surface area contributed by atoms with Crippen LogP contribution >= 0.6 is 0 Å². The summed E-state index contributed by atoms with van der Waals surface area (Å²) in [5.74, 6) is 0. The average Bonchev–Trinajstić information content (AvgIpc) is 2.32. The van der Waals surface area contributed by atoms with E-state index >= 15 is 0 Å². The number of hydrogen-bond donors (Lipinski definition) is 1. The van der Waals surface area contributed by atoms with E-state index in [1.807, 2.05) is 7.05 Å². The van der Waals surface area contributed by atoms with Crippen LogP contribution in [0.5, 0.6) is 0 Å². The van der Waals surface area contributed by atoms with Crippen molar-refractivity contribution in [1.29, 1.82) is 0 Å². The zero-order valence-electron chi connectivity index (χ0n) is 11.6. The van der Waals surface area contributed by atoms with Crippen molar-refractivity contribution in [3.63, 3.8) is 0 Å². The maximum atomic E-state index is 6.01. The molecule has 16 heavy (non-hydrogen) atoms. The summed E-state index contributed by atoms with van der Waals surface area (Å²) < 4.78 is 11.1. The zero-order valence-corrected chi connectivity index (χ0v) is 11.6. The minimum atomic E-state index is -0.0166. The van der Waals surface area contributed by atoms with Crippen molar-refractivity contribution in [2.24, 2.45) is 0 Å². The van der Waals surface area contributed by atoms with Crippen LogP contribution in [0, 0.1) is 0 Å². The molecule has 0 aliphatic heterocycles. The first-order valence-electron chi connectivity index (χ1n) is 6.50. The van der Waals surface area contributed by atoms with Crippen LogP contribution in [0.25, 0.3) is 0 Å².